The molecule has 0 bridgehead atoms. The molecule has 1 aromatic carbocycles. The number of nitrogens with zero attached hydrogens (tertiary/aromatic N) is 4. The van der Waals surface area contributed by atoms with Gasteiger partial charge in [-0.3, -0.25) is 9.59 Å². The minimum atomic E-state index is -0.974. The summed E-state index contributed by atoms with van der Waals surface area (Å²) in [4.78, 5) is 36.5. The molecule has 0 aliphatic heterocycles. The number of allylic oxidation sites excluding steroid dienone is 2. The molecule has 0 saturated carbocycles. The van der Waals surface area contributed by atoms with E-state index in [1.54, 1.807) is 12.4 Å². The molecule has 0 N–H and O–H groups in total. The molecule has 0 saturated heterocycles. The van der Waals surface area contributed by atoms with Crippen molar-refractivity contribution in [3.8, 4) is 11.3 Å². The summed E-state index contributed by atoms with van der Waals surface area (Å²) in [5.74, 6) is -2.22. The number of hydrogen-bond donors (Lipinski definition) is 0. The predicted octanol–water partition coefficient (Wildman–Crippen LogP) is 2.40. The number of aromatic nitrogens is 4. The third-order valence-corrected chi connectivity index (χ3v) is 4.26. The van der Waals surface area contributed by atoms with Crippen LogP contribution >= 0.6 is 0 Å². The minimum absolute atomic E-state index is 0.191. The van der Waals surface area contributed by atoms with E-state index in [9.17, 15) is 9.59 Å². The number of rotatable bonds is 7. The van der Waals surface area contributed by atoms with Gasteiger partial charge in [-0.1, -0.05) is 42.5 Å². The van der Waals surface area contributed by atoms with Crippen molar-refractivity contribution >= 4 is 23.1 Å². The summed E-state index contributed by atoms with van der Waals surface area (Å²) in [6, 6.07) is 9.78. The fourth-order valence-corrected chi connectivity index (χ4v) is 2.82. The van der Waals surface area contributed by atoms with Gasteiger partial charge in [-0.15, -0.1) is 0 Å². The largest absolute Gasteiger partial charge is 0.468 e. The molecular weight excluding hydrogens is 360 g/mol. The van der Waals surface area contributed by atoms with Crippen LogP contribution in [0.25, 0.3) is 22.4 Å². The first-order chi connectivity index (χ1) is 13.7. The number of carbonyl (C=O) groups excluding carboxylic acids is 2. The third kappa shape index (κ3) is 4.06. The van der Waals surface area contributed by atoms with Crippen molar-refractivity contribution in [3.63, 3.8) is 0 Å². The Bertz CT molecular complexity index is 982. The van der Waals surface area contributed by atoms with Crippen LogP contribution in [0, 0.1) is 5.92 Å². The van der Waals surface area contributed by atoms with Gasteiger partial charge in [0.15, 0.2) is 11.6 Å². The lowest BCUT2D eigenvalue weighted by Gasteiger charge is -2.09. The third-order valence-electron chi connectivity index (χ3n) is 4.26. The number of imidazole rings is 1. The zero-order valence-electron chi connectivity index (χ0n) is 15.6. The van der Waals surface area contributed by atoms with E-state index in [2.05, 4.69) is 24.4 Å². The maximum Gasteiger partial charge on any atom is 0.320 e. The lowest BCUT2D eigenvalue weighted by Crippen LogP contribution is -2.25. The second-order valence-corrected chi connectivity index (χ2v) is 5.96. The van der Waals surface area contributed by atoms with Crippen LogP contribution in [0.3, 0.4) is 0 Å². The van der Waals surface area contributed by atoms with Gasteiger partial charge in [0.05, 0.1) is 20.5 Å². The number of ether oxygens (including phenoxy) is 2. The summed E-state index contributed by atoms with van der Waals surface area (Å²) in [6.07, 6.45) is 6.97. The van der Waals surface area contributed by atoms with E-state index in [0.717, 1.165) is 11.3 Å². The van der Waals surface area contributed by atoms with Crippen LogP contribution in [0.2, 0.25) is 0 Å². The minimum Gasteiger partial charge on any atom is -0.468 e. The van der Waals surface area contributed by atoms with Gasteiger partial charge in [0, 0.05) is 12.1 Å². The predicted molar refractivity (Wildman–Crippen MR) is 102 cm³/mol. The molecule has 0 radical (unpaired) electrons. The van der Waals surface area contributed by atoms with Gasteiger partial charge in [-0.2, -0.15) is 0 Å². The summed E-state index contributed by atoms with van der Waals surface area (Å²) in [6.45, 7) is 0.483. The Hall–Kier alpha value is -3.55. The number of fused-ring (bicyclic) bond motifs is 1. The Morgan fingerprint density at radius 3 is 2.43 bits per heavy atom. The van der Waals surface area contributed by atoms with E-state index in [4.69, 9.17) is 0 Å². The molecule has 144 valence electrons. The van der Waals surface area contributed by atoms with Gasteiger partial charge in [0.1, 0.15) is 17.5 Å². The molecule has 0 spiro atoms. The molecular formula is C20H20N4O4. The average Bonchev–Trinajstić information content (AvgIpc) is 3.16. The summed E-state index contributed by atoms with van der Waals surface area (Å²) in [5.41, 5.74) is 3.15. The van der Waals surface area contributed by atoms with Gasteiger partial charge in [0.2, 0.25) is 0 Å². The first kappa shape index (κ1) is 19.2. The monoisotopic (exact) mass is 380 g/mol. The molecule has 3 rings (SSSR count). The zero-order valence-corrected chi connectivity index (χ0v) is 15.6. The van der Waals surface area contributed by atoms with Crippen molar-refractivity contribution in [3.05, 3.63) is 55.1 Å². The molecule has 2 heterocycles. The maximum absolute atomic E-state index is 11.7. The maximum atomic E-state index is 11.7. The molecule has 0 amide bonds. The molecule has 8 nitrogen and oxygen atoms in total. The van der Waals surface area contributed by atoms with E-state index in [1.807, 2.05) is 41.0 Å². The van der Waals surface area contributed by atoms with Crippen molar-refractivity contribution in [2.75, 3.05) is 14.2 Å². The number of carbonyl (C=O) groups is 2. The highest BCUT2D eigenvalue weighted by atomic mass is 16.5. The van der Waals surface area contributed by atoms with Crippen molar-refractivity contribution in [1.29, 1.82) is 0 Å². The quantitative estimate of drug-likeness (QED) is 0.353. The van der Waals surface area contributed by atoms with Crippen molar-refractivity contribution in [2.24, 2.45) is 5.92 Å². The number of benzene rings is 1. The second kappa shape index (κ2) is 8.90. The zero-order chi connectivity index (χ0) is 19.9. The highest BCUT2D eigenvalue weighted by Gasteiger charge is 2.27. The molecule has 28 heavy (non-hydrogen) atoms. The van der Waals surface area contributed by atoms with Gasteiger partial charge in [-0.25, -0.2) is 15.0 Å². The second-order valence-electron chi connectivity index (χ2n) is 5.96. The first-order valence-corrected chi connectivity index (χ1v) is 8.67. The van der Waals surface area contributed by atoms with Gasteiger partial charge in [-0.05, 0) is 6.42 Å². The summed E-state index contributed by atoms with van der Waals surface area (Å²) < 4.78 is 11.2. The van der Waals surface area contributed by atoms with Crippen LogP contribution in [0.15, 0.2) is 55.1 Å². The SMILES string of the molecule is COC(=O)C(C/C=C/Cn1cnc2c(-c3ccccc3)ncnc21)C(=O)OC. The van der Waals surface area contributed by atoms with Gasteiger partial charge < -0.3 is 14.0 Å². The molecule has 0 fully saturated rings. The van der Waals surface area contributed by atoms with E-state index in [0.29, 0.717) is 17.7 Å². The van der Waals surface area contributed by atoms with Gasteiger partial charge >= 0.3 is 11.9 Å². The summed E-state index contributed by atoms with van der Waals surface area (Å²) in [5, 5.41) is 0. The van der Waals surface area contributed by atoms with Crippen LogP contribution < -0.4 is 0 Å². The fourth-order valence-electron chi connectivity index (χ4n) is 2.82. The molecule has 3 aromatic rings. The number of hydrogen-bond acceptors (Lipinski definition) is 7. The molecule has 0 aliphatic carbocycles. The lowest BCUT2D eigenvalue weighted by atomic mass is 10.1. The van der Waals surface area contributed by atoms with E-state index >= 15 is 0 Å². The fraction of sp³-hybridized carbons (Fsp3) is 0.250. The Morgan fingerprint density at radius 2 is 1.75 bits per heavy atom. The average molecular weight is 380 g/mol. The summed E-state index contributed by atoms with van der Waals surface area (Å²) in [7, 11) is 2.48. The molecule has 0 aliphatic rings. The first-order valence-electron chi connectivity index (χ1n) is 8.67. The van der Waals surface area contributed by atoms with Crippen LogP contribution in [0.4, 0.5) is 0 Å². The molecule has 0 atom stereocenters. The van der Waals surface area contributed by atoms with E-state index in [1.165, 1.54) is 20.5 Å². The topological polar surface area (TPSA) is 96.2 Å². The molecule has 2 aromatic heterocycles. The smallest absolute Gasteiger partial charge is 0.320 e. The Labute approximate surface area is 161 Å². The lowest BCUT2D eigenvalue weighted by molar-refractivity contribution is -0.158. The Morgan fingerprint density at radius 1 is 1.04 bits per heavy atom. The van der Waals surface area contributed by atoms with Crippen LogP contribution in [0.5, 0.6) is 0 Å². The van der Waals surface area contributed by atoms with Crippen molar-refractivity contribution < 1.29 is 19.1 Å². The summed E-state index contributed by atoms with van der Waals surface area (Å²) >= 11 is 0. The highest BCUT2D eigenvalue weighted by Crippen LogP contribution is 2.23. The Balaban J connectivity index is 1.76. The highest BCUT2D eigenvalue weighted by molar-refractivity contribution is 5.95. The van der Waals surface area contributed by atoms with Gasteiger partial charge in [0.25, 0.3) is 0 Å². The van der Waals surface area contributed by atoms with Crippen LogP contribution in [-0.4, -0.2) is 45.7 Å². The van der Waals surface area contributed by atoms with Crippen molar-refractivity contribution in [1.82, 2.24) is 19.5 Å². The van der Waals surface area contributed by atoms with E-state index < -0.39 is 17.9 Å². The van der Waals surface area contributed by atoms with E-state index in [-0.39, 0.29) is 6.42 Å². The van der Waals surface area contributed by atoms with Crippen LogP contribution in [-0.2, 0) is 25.6 Å². The number of methoxy groups -OCH3 is 2. The van der Waals surface area contributed by atoms with Crippen molar-refractivity contribution in [2.45, 2.75) is 13.0 Å². The number of esters is 2. The molecule has 8 heteroatoms. The molecule has 0 unspecified atom stereocenters. The standard InChI is InChI=1S/C20H20N4O4/c1-27-19(25)15(20(26)28-2)10-6-7-11-24-13-23-17-16(21-12-22-18(17)24)14-8-4-3-5-9-14/h3-9,12-13,15H,10-11H2,1-2H3/b7-6+. The Kier molecular flexibility index (Phi) is 6.11. The van der Waals surface area contributed by atoms with Crippen LogP contribution in [0.1, 0.15) is 6.42 Å². The normalized spacial score (nSPS) is 11.2.